The Morgan fingerprint density at radius 2 is 1.81 bits per heavy atom. The van der Waals surface area contributed by atoms with Gasteiger partial charge in [0.15, 0.2) is 0 Å². The molecule has 1 unspecified atom stereocenters. The number of aliphatic hydroxyl groups is 2. The van der Waals surface area contributed by atoms with Crippen LogP contribution in [0.3, 0.4) is 0 Å². The van der Waals surface area contributed by atoms with Crippen molar-refractivity contribution in [1.29, 1.82) is 0 Å². The first kappa shape index (κ1) is 23.8. The number of carbonyl (C=O) groups is 1. The average Bonchev–Trinajstić information content (AvgIpc) is 3.11. The van der Waals surface area contributed by atoms with Crippen LogP contribution in [-0.4, -0.2) is 51.8 Å². The molecule has 0 aliphatic heterocycles. The highest BCUT2D eigenvalue weighted by molar-refractivity contribution is 5.86. The van der Waals surface area contributed by atoms with Crippen LogP contribution in [0, 0.1) is 23.4 Å². The molecule has 1 atom stereocenters. The highest BCUT2D eigenvalue weighted by atomic mass is 19.1. The minimum absolute atomic E-state index is 0.0365. The van der Waals surface area contributed by atoms with E-state index in [1.54, 1.807) is 30.0 Å². The molecule has 1 saturated carbocycles. The smallest absolute Gasteiger partial charge is 0.225 e. The number of rotatable bonds is 6. The lowest BCUT2D eigenvalue weighted by Crippen LogP contribution is -2.43. The summed E-state index contributed by atoms with van der Waals surface area (Å²) in [6, 6.07) is 9.50. The molecule has 4 rings (SSSR count). The predicted molar refractivity (Wildman–Crippen MR) is 116 cm³/mol. The third-order valence-corrected chi connectivity index (χ3v) is 5.42. The maximum atomic E-state index is 13.5. The van der Waals surface area contributed by atoms with Crippen LogP contribution in [-0.2, 0) is 4.79 Å². The van der Waals surface area contributed by atoms with E-state index >= 15 is 0 Å². The summed E-state index contributed by atoms with van der Waals surface area (Å²) in [5.74, 6) is -1.37. The second-order valence-corrected chi connectivity index (χ2v) is 8.03. The number of aliphatic hydroxyl groups excluding tert-OH is 2. The third kappa shape index (κ3) is 5.89. The summed E-state index contributed by atoms with van der Waals surface area (Å²) in [4.78, 5) is 16.2. The molecule has 172 valence electrons. The molecule has 3 N–H and O–H groups in total. The molecule has 1 aliphatic rings. The van der Waals surface area contributed by atoms with Gasteiger partial charge in [-0.2, -0.15) is 0 Å². The van der Waals surface area contributed by atoms with Gasteiger partial charge in [-0.25, -0.2) is 13.2 Å². The van der Waals surface area contributed by atoms with Crippen LogP contribution < -0.4 is 0 Å². The van der Waals surface area contributed by atoms with Crippen molar-refractivity contribution in [3.63, 3.8) is 0 Å². The second-order valence-electron chi connectivity index (χ2n) is 8.03. The number of nitrogens with one attached hydrogen (secondary N) is 1. The number of halogens is 3. The lowest BCUT2D eigenvalue weighted by molar-refractivity contribution is -0.140. The van der Waals surface area contributed by atoms with Crippen molar-refractivity contribution < 1.29 is 28.2 Å². The number of benzene rings is 2. The predicted octanol–water partition coefficient (Wildman–Crippen LogP) is 4.24. The van der Waals surface area contributed by atoms with E-state index in [-0.39, 0.29) is 29.8 Å². The van der Waals surface area contributed by atoms with Crippen LogP contribution in [0.1, 0.15) is 26.2 Å². The van der Waals surface area contributed by atoms with Gasteiger partial charge in [0.25, 0.3) is 0 Å². The fourth-order valence-electron chi connectivity index (χ4n) is 3.59. The number of hydrogen-bond acceptors (Lipinski definition) is 3. The van der Waals surface area contributed by atoms with Crippen LogP contribution in [0.25, 0.3) is 22.2 Å². The van der Waals surface area contributed by atoms with Crippen LogP contribution in [0.2, 0.25) is 0 Å². The molecule has 1 aliphatic carbocycles. The molecule has 0 saturated heterocycles. The Balaban J connectivity index is 0.000000188. The van der Waals surface area contributed by atoms with E-state index in [0.717, 1.165) is 25.3 Å². The summed E-state index contributed by atoms with van der Waals surface area (Å²) < 4.78 is 39.4. The zero-order chi connectivity index (χ0) is 23.3. The topological polar surface area (TPSA) is 76.6 Å². The van der Waals surface area contributed by atoms with Crippen LogP contribution in [0.5, 0.6) is 0 Å². The third-order valence-electron chi connectivity index (χ3n) is 5.42. The molecule has 2 aromatic carbocycles. The van der Waals surface area contributed by atoms with Gasteiger partial charge < -0.3 is 20.1 Å². The Bertz CT molecular complexity index is 1050. The van der Waals surface area contributed by atoms with Gasteiger partial charge in [-0.15, -0.1) is 0 Å². The molecule has 0 bridgehead atoms. The van der Waals surface area contributed by atoms with Gasteiger partial charge in [-0.3, -0.25) is 4.79 Å². The number of hydrogen-bond donors (Lipinski definition) is 3. The Hall–Kier alpha value is -2.84. The highest BCUT2D eigenvalue weighted by Crippen LogP contribution is 2.28. The summed E-state index contributed by atoms with van der Waals surface area (Å²) in [6.45, 7) is 2.28. The molecule has 0 spiro atoms. The summed E-state index contributed by atoms with van der Waals surface area (Å²) in [5.41, 5.74) is 1.58. The summed E-state index contributed by atoms with van der Waals surface area (Å²) in [7, 11) is 0. The minimum Gasteiger partial charge on any atom is -0.395 e. The molecule has 8 heteroatoms. The summed E-state index contributed by atoms with van der Waals surface area (Å²) in [5, 5.41) is 18.4. The van der Waals surface area contributed by atoms with Gasteiger partial charge in [0.2, 0.25) is 5.91 Å². The van der Waals surface area contributed by atoms with Crippen molar-refractivity contribution in [2.45, 2.75) is 32.3 Å². The van der Waals surface area contributed by atoms with Crippen LogP contribution >= 0.6 is 0 Å². The van der Waals surface area contributed by atoms with Gasteiger partial charge >= 0.3 is 0 Å². The summed E-state index contributed by atoms with van der Waals surface area (Å²) >= 11 is 0. The second kappa shape index (κ2) is 10.7. The normalized spacial score (nSPS) is 14.4. The Labute approximate surface area is 184 Å². The molecular weight excluding hydrogens is 421 g/mol. The summed E-state index contributed by atoms with van der Waals surface area (Å²) in [6.07, 6.45) is 2.52. The van der Waals surface area contributed by atoms with Crippen LogP contribution in [0.15, 0.2) is 42.5 Å². The number of aromatic amines is 1. The fourth-order valence-corrected chi connectivity index (χ4v) is 3.59. The van der Waals surface area contributed by atoms with Gasteiger partial charge in [-0.05, 0) is 61.7 Å². The van der Waals surface area contributed by atoms with Gasteiger partial charge in [0.05, 0.1) is 18.2 Å². The van der Waals surface area contributed by atoms with E-state index < -0.39 is 17.7 Å². The number of carbonyl (C=O) groups excluding carboxylic acids is 1. The first-order valence-electron chi connectivity index (χ1n) is 10.6. The maximum absolute atomic E-state index is 13.5. The standard InChI is InChI=1S/C14H8F3N.C10H19NO3/c15-10-3-1-8(2-4-10)13-6-9-5-11(16)7-12(17)14(9)18-13;1-8(13)7-11(5-6-12)10(14)9-3-2-4-9/h1-7,18H;8-9,12-13H,2-7H2,1H3. The molecule has 1 heterocycles. The van der Waals surface area contributed by atoms with E-state index in [1.807, 2.05) is 0 Å². The lowest BCUT2D eigenvalue weighted by Gasteiger charge is -2.32. The first-order valence-corrected chi connectivity index (χ1v) is 10.6. The molecule has 1 aromatic heterocycles. The van der Waals surface area contributed by atoms with Crippen molar-refractivity contribution >= 4 is 16.8 Å². The zero-order valence-electron chi connectivity index (χ0n) is 17.8. The van der Waals surface area contributed by atoms with Crippen molar-refractivity contribution in [2.75, 3.05) is 19.7 Å². The van der Waals surface area contributed by atoms with E-state index in [4.69, 9.17) is 5.11 Å². The molecule has 5 nitrogen and oxygen atoms in total. The van der Waals surface area contributed by atoms with E-state index in [2.05, 4.69) is 4.98 Å². The molecule has 1 amide bonds. The number of nitrogens with zero attached hydrogens (tertiary/aromatic N) is 1. The fraction of sp³-hybridized carbons (Fsp3) is 0.375. The zero-order valence-corrected chi connectivity index (χ0v) is 17.8. The molecule has 32 heavy (non-hydrogen) atoms. The lowest BCUT2D eigenvalue weighted by atomic mass is 9.84. The van der Waals surface area contributed by atoms with Crippen molar-refractivity contribution in [1.82, 2.24) is 9.88 Å². The molecule has 0 radical (unpaired) electrons. The highest BCUT2D eigenvalue weighted by Gasteiger charge is 2.29. The number of aromatic nitrogens is 1. The quantitative estimate of drug-likeness (QED) is 0.528. The van der Waals surface area contributed by atoms with E-state index in [0.29, 0.717) is 29.7 Å². The SMILES string of the molecule is CC(O)CN(CCO)C(=O)C1CCC1.Fc1ccc(-c2cc3cc(F)cc(F)c3[nH]2)cc1. The van der Waals surface area contributed by atoms with Crippen molar-refractivity contribution in [2.24, 2.45) is 5.92 Å². The Kier molecular flexibility index (Phi) is 7.93. The van der Waals surface area contributed by atoms with E-state index in [9.17, 15) is 23.1 Å². The average molecular weight is 448 g/mol. The molecule has 3 aromatic rings. The number of amides is 1. The maximum Gasteiger partial charge on any atom is 0.225 e. The number of fused-ring (bicyclic) bond motifs is 1. The van der Waals surface area contributed by atoms with Gasteiger partial charge in [-0.1, -0.05) is 6.42 Å². The monoisotopic (exact) mass is 448 g/mol. The molecular formula is C24H27F3N2O3. The van der Waals surface area contributed by atoms with Crippen LogP contribution in [0.4, 0.5) is 13.2 Å². The van der Waals surface area contributed by atoms with Gasteiger partial charge in [0.1, 0.15) is 17.5 Å². The Morgan fingerprint density at radius 3 is 2.38 bits per heavy atom. The Morgan fingerprint density at radius 1 is 1.12 bits per heavy atom. The van der Waals surface area contributed by atoms with Gasteiger partial charge in [0, 0.05) is 36.2 Å². The largest absolute Gasteiger partial charge is 0.395 e. The number of H-pyrrole nitrogens is 1. The van der Waals surface area contributed by atoms with Crippen molar-refractivity contribution in [3.05, 3.63) is 59.9 Å². The first-order chi connectivity index (χ1) is 15.3. The molecule has 1 fully saturated rings. The van der Waals surface area contributed by atoms with Crippen molar-refractivity contribution in [3.8, 4) is 11.3 Å². The minimum atomic E-state index is -0.640. The van der Waals surface area contributed by atoms with E-state index in [1.165, 1.54) is 18.2 Å².